The Morgan fingerprint density at radius 2 is 1.75 bits per heavy atom. The van der Waals surface area contributed by atoms with Gasteiger partial charge in [0, 0.05) is 0 Å². The van der Waals surface area contributed by atoms with Crippen LogP contribution in [-0.4, -0.2) is 33.9 Å². The van der Waals surface area contributed by atoms with Gasteiger partial charge < -0.3 is 9.33 Å². The smallest absolute Gasteiger partial charge is 0.245 e. The van der Waals surface area contributed by atoms with Crippen LogP contribution in [0, 0.1) is 0 Å². The summed E-state index contributed by atoms with van der Waals surface area (Å²) in [5, 5.41) is 0. The number of hydrogen-bond acceptors (Lipinski definition) is 2. The zero-order valence-electron chi connectivity index (χ0n) is 10.9. The van der Waals surface area contributed by atoms with E-state index in [-0.39, 0.29) is 0 Å². The van der Waals surface area contributed by atoms with E-state index in [2.05, 4.69) is 32.1 Å². The van der Waals surface area contributed by atoms with Crippen molar-refractivity contribution < 1.29 is 4.43 Å². The second-order valence-electron chi connectivity index (χ2n) is 5.08. The van der Waals surface area contributed by atoms with E-state index in [0.29, 0.717) is 0 Å². The molecule has 0 aromatic heterocycles. The van der Waals surface area contributed by atoms with Gasteiger partial charge in [-0.25, -0.2) is 0 Å². The molecule has 0 heterocycles. The van der Waals surface area contributed by atoms with Crippen LogP contribution < -0.4 is 4.43 Å². The van der Waals surface area contributed by atoms with Crippen LogP contribution in [0.5, 0.6) is 5.75 Å². The maximum Gasteiger partial charge on any atom is 0.245 e. The van der Waals surface area contributed by atoms with E-state index < -0.39 is 8.32 Å². The monoisotopic (exact) mass is 237 g/mol. The van der Waals surface area contributed by atoms with Crippen LogP contribution in [0.1, 0.15) is 6.42 Å². The van der Waals surface area contributed by atoms with E-state index in [1.807, 2.05) is 30.3 Å². The number of para-hydroxylation sites is 1. The van der Waals surface area contributed by atoms with E-state index in [4.69, 9.17) is 4.43 Å². The molecule has 0 aliphatic rings. The zero-order valence-corrected chi connectivity index (χ0v) is 11.9. The molecule has 0 saturated heterocycles. The second kappa shape index (κ2) is 6.06. The predicted octanol–water partition coefficient (Wildman–Crippen LogP) is 3.22. The van der Waals surface area contributed by atoms with Crippen LogP contribution in [0.2, 0.25) is 19.1 Å². The fourth-order valence-corrected chi connectivity index (χ4v) is 3.57. The van der Waals surface area contributed by atoms with Crippen LogP contribution >= 0.6 is 0 Å². The molecule has 0 fully saturated rings. The van der Waals surface area contributed by atoms with Crippen LogP contribution in [0.15, 0.2) is 30.3 Å². The Bertz CT molecular complexity index is 298. The van der Waals surface area contributed by atoms with Crippen LogP contribution in [-0.2, 0) is 0 Å². The molecule has 0 N–H and O–H groups in total. The molecule has 0 saturated carbocycles. The lowest BCUT2D eigenvalue weighted by Crippen LogP contribution is -2.34. The van der Waals surface area contributed by atoms with E-state index in [9.17, 15) is 0 Å². The summed E-state index contributed by atoms with van der Waals surface area (Å²) in [5.74, 6) is 1.02. The highest BCUT2D eigenvalue weighted by atomic mass is 28.4. The summed E-state index contributed by atoms with van der Waals surface area (Å²) in [4.78, 5) is 2.23. The minimum atomic E-state index is -1.54. The van der Waals surface area contributed by atoms with Gasteiger partial charge >= 0.3 is 0 Å². The van der Waals surface area contributed by atoms with Gasteiger partial charge in [-0.05, 0) is 58.3 Å². The maximum atomic E-state index is 6.10. The van der Waals surface area contributed by atoms with Gasteiger partial charge in [-0.1, -0.05) is 18.2 Å². The average Bonchev–Trinajstić information content (AvgIpc) is 2.17. The van der Waals surface area contributed by atoms with Crippen molar-refractivity contribution in [3.63, 3.8) is 0 Å². The predicted molar refractivity (Wildman–Crippen MR) is 72.5 cm³/mol. The first-order valence-corrected chi connectivity index (χ1v) is 9.00. The Morgan fingerprint density at radius 1 is 1.12 bits per heavy atom. The Kier molecular flexibility index (Phi) is 5.02. The Labute approximate surface area is 100 Å². The van der Waals surface area contributed by atoms with E-state index >= 15 is 0 Å². The summed E-state index contributed by atoms with van der Waals surface area (Å²) in [6.45, 7) is 5.72. The Hall–Kier alpha value is -0.803. The average molecular weight is 237 g/mol. The molecule has 2 nitrogen and oxygen atoms in total. The third-order valence-electron chi connectivity index (χ3n) is 2.52. The molecule has 0 aliphatic heterocycles. The van der Waals surface area contributed by atoms with Gasteiger partial charge in [-0.3, -0.25) is 0 Å². The van der Waals surface area contributed by atoms with E-state index in [1.165, 1.54) is 12.5 Å². The highest BCUT2D eigenvalue weighted by Crippen LogP contribution is 2.19. The van der Waals surface area contributed by atoms with Crippen molar-refractivity contribution in [3.8, 4) is 5.75 Å². The fraction of sp³-hybridized carbons (Fsp3) is 0.538. The zero-order chi connectivity index (χ0) is 12.0. The van der Waals surface area contributed by atoms with Crippen molar-refractivity contribution >= 4 is 8.32 Å². The summed E-state index contributed by atoms with van der Waals surface area (Å²) in [7, 11) is 2.70. The summed E-state index contributed by atoms with van der Waals surface area (Å²) in [6, 6.07) is 11.4. The van der Waals surface area contributed by atoms with E-state index in [0.717, 1.165) is 12.3 Å². The molecule has 0 atom stereocenters. The van der Waals surface area contributed by atoms with Crippen molar-refractivity contribution in [2.45, 2.75) is 25.6 Å². The normalized spacial score (nSPS) is 11.8. The molecule has 0 unspecified atom stereocenters. The number of nitrogens with zero attached hydrogens (tertiary/aromatic N) is 1. The summed E-state index contributed by atoms with van der Waals surface area (Å²) in [6.07, 6.45) is 1.22. The van der Waals surface area contributed by atoms with Gasteiger partial charge in [0.25, 0.3) is 0 Å². The molecule has 0 spiro atoms. The SMILES string of the molecule is CN(C)CCC[Si](C)(C)Oc1ccccc1. The minimum absolute atomic E-state index is 1.02. The molecule has 0 bridgehead atoms. The van der Waals surface area contributed by atoms with Crippen LogP contribution in [0.4, 0.5) is 0 Å². The maximum absolute atomic E-state index is 6.10. The van der Waals surface area contributed by atoms with E-state index in [1.54, 1.807) is 0 Å². The molecule has 16 heavy (non-hydrogen) atoms. The molecule has 3 heteroatoms. The quantitative estimate of drug-likeness (QED) is 0.704. The van der Waals surface area contributed by atoms with Crippen LogP contribution in [0.25, 0.3) is 0 Å². The first-order valence-electron chi connectivity index (χ1n) is 5.88. The first-order chi connectivity index (χ1) is 7.49. The topological polar surface area (TPSA) is 12.5 Å². The molecular formula is C13H23NOSi. The fourth-order valence-electron chi connectivity index (χ4n) is 1.68. The van der Waals surface area contributed by atoms with Crippen molar-refractivity contribution in [1.82, 2.24) is 4.90 Å². The van der Waals surface area contributed by atoms with Crippen LogP contribution in [0.3, 0.4) is 0 Å². The standard InChI is InChI=1S/C13H23NOSi/c1-14(2)11-8-12-16(3,4)15-13-9-6-5-7-10-13/h5-7,9-10H,8,11-12H2,1-4H3. The highest BCUT2D eigenvalue weighted by Gasteiger charge is 2.23. The second-order valence-corrected chi connectivity index (χ2v) is 9.31. The molecule has 90 valence electrons. The first kappa shape index (κ1) is 13.3. The highest BCUT2D eigenvalue weighted by molar-refractivity contribution is 6.71. The molecule has 1 aromatic carbocycles. The van der Waals surface area contributed by atoms with Crippen molar-refractivity contribution in [2.75, 3.05) is 20.6 Å². The molecule has 0 aliphatic carbocycles. The molecule has 0 amide bonds. The number of benzene rings is 1. The lowest BCUT2D eigenvalue weighted by molar-refractivity contribution is 0.404. The van der Waals surface area contributed by atoms with Gasteiger partial charge in [0.05, 0.1) is 0 Å². The largest absolute Gasteiger partial charge is 0.544 e. The molecular weight excluding hydrogens is 214 g/mol. The molecule has 1 aromatic rings. The van der Waals surface area contributed by atoms with Gasteiger partial charge in [-0.2, -0.15) is 0 Å². The Balaban J connectivity index is 2.39. The summed E-state index contributed by atoms with van der Waals surface area (Å²) >= 11 is 0. The van der Waals surface area contributed by atoms with Crippen molar-refractivity contribution in [3.05, 3.63) is 30.3 Å². The van der Waals surface area contributed by atoms with Gasteiger partial charge in [-0.15, -0.1) is 0 Å². The van der Waals surface area contributed by atoms with Gasteiger partial charge in [0.2, 0.25) is 8.32 Å². The number of rotatable bonds is 6. The van der Waals surface area contributed by atoms with Gasteiger partial charge in [0.1, 0.15) is 5.75 Å². The third-order valence-corrected chi connectivity index (χ3v) is 4.87. The van der Waals surface area contributed by atoms with Crippen molar-refractivity contribution in [2.24, 2.45) is 0 Å². The number of hydrogen-bond donors (Lipinski definition) is 0. The van der Waals surface area contributed by atoms with Crippen molar-refractivity contribution in [1.29, 1.82) is 0 Å². The lowest BCUT2D eigenvalue weighted by Gasteiger charge is -2.24. The third kappa shape index (κ3) is 5.33. The summed E-state index contributed by atoms with van der Waals surface area (Å²) in [5.41, 5.74) is 0. The van der Waals surface area contributed by atoms with Gasteiger partial charge in [0.15, 0.2) is 0 Å². The Morgan fingerprint density at radius 3 is 2.31 bits per heavy atom. The lowest BCUT2D eigenvalue weighted by atomic mass is 10.3. The molecule has 0 radical (unpaired) electrons. The minimum Gasteiger partial charge on any atom is -0.544 e. The summed E-state index contributed by atoms with van der Waals surface area (Å²) < 4.78 is 6.10. The molecule has 1 rings (SSSR count).